The van der Waals surface area contributed by atoms with Crippen molar-refractivity contribution in [3.05, 3.63) is 106 Å². The fraction of sp³-hybridized carbons (Fsp3) is 0.367. The summed E-state index contributed by atoms with van der Waals surface area (Å²) in [5.74, 6) is 0.504. The van der Waals surface area contributed by atoms with Gasteiger partial charge in [-0.1, -0.05) is 75.4 Å². The Morgan fingerprint density at radius 3 is 2.21 bits per heavy atom. The van der Waals surface area contributed by atoms with E-state index < -0.39 is 11.7 Å². The molecule has 0 heterocycles. The minimum absolute atomic E-state index is 0.0394. The number of ketones is 1. The molecule has 3 rings (SSSR count). The monoisotopic (exact) mass is 466 g/mol. The van der Waals surface area contributed by atoms with Crippen LogP contribution in [0, 0.1) is 0 Å². The quantitative estimate of drug-likeness (QED) is 0.295. The highest BCUT2D eigenvalue weighted by molar-refractivity contribution is 5.81. The van der Waals surface area contributed by atoms with E-state index in [9.17, 15) is 18.0 Å². The average Bonchev–Trinajstić information content (AvgIpc) is 2.82. The van der Waals surface area contributed by atoms with E-state index >= 15 is 0 Å². The predicted octanol–water partition coefficient (Wildman–Crippen LogP) is 8.12. The Labute approximate surface area is 201 Å². The highest BCUT2D eigenvalue weighted by Gasteiger charge is 2.31. The number of aryl methyl sites for hydroxylation is 2. The Hall–Kier alpha value is -2.88. The first-order chi connectivity index (χ1) is 16.2. The second kappa shape index (κ2) is 11.5. The second-order valence-electron chi connectivity index (χ2n) is 9.10. The Bertz CT molecular complexity index is 1100. The highest BCUT2D eigenvalue weighted by atomic mass is 19.4. The van der Waals surface area contributed by atoms with Gasteiger partial charge in [0.15, 0.2) is 0 Å². The van der Waals surface area contributed by atoms with Crippen molar-refractivity contribution in [3.63, 3.8) is 0 Å². The third-order valence-electron chi connectivity index (χ3n) is 6.56. The summed E-state index contributed by atoms with van der Waals surface area (Å²) in [7, 11) is 0. The van der Waals surface area contributed by atoms with Crippen LogP contribution in [0.5, 0.6) is 0 Å². The molecule has 1 nitrogen and oxygen atoms in total. The summed E-state index contributed by atoms with van der Waals surface area (Å²) in [4.78, 5) is 12.6. The molecular formula is C30H33F3O. The average molecular weight is 467 g/mol. The first-order valence-corrected chi connectivity index (χ1v) is 12.1. The molecule has 1 atom stereocenters. The fourth-order valence-electron chi connectivity index (χ4n) is 4.20. The molecule has 3 aromatic rings. The molecule has 0 saturated heterocycles. The van der Waals surface area contributed by atoms with E-state index in [2.05, 4.69) is 50.2 Å². The van der Waals surface area contributed by atoms with Crippen molar-refractivity contribution >= 4 is 5.78 Å². The van der Waals surface area contributed by atoms with Gasteiger partial charge in [0.25, 0.3) is 0 Å². The maximum Gasteiger partial charge on any atom is 0.416 e. The molecule has 0 spiro atoms. The number of halogens is 3. The molecule has 34 heavy (non-hydrogen) atoms. The zero-order valence-corrected chi connectivity index (χ0v) is 20.2. The summed E-state index contributed by atoms with van der Waals surface area (Å²) >= 11 is 0. The van der Waals surface area contributed by atoms with Crippen LogP contribution in [0.25, 0.3) is 0 Å². The molecule has 0 bridgehead atoms. The fourth-order valence-corrected chi connectivity index (χ4v) is 4.20. The maximum atomic E-state index is 13.1. The van der Waals surface area contributed by atoms with Gasteiger partial charge in [0.2, 0.25) is 0 Å². The number of alkyl halides is 3. The molecule has 1 unspecified atom stereocenters. The smallest absolute Gasteiger partial charge is 0.299 e. The number of carbonyl (C=O) groups is 1. The van der Waals surface area contributed by atoms with Crippen LogP contribution in [-0.2, 0) is 36.7 Å². The van der Waals surface area contributed by atoms with Crippen molar-refractivity contribution in [1.82, 2.24) is 0 Å². The third kappa shape index (κ3) is 7.06. The molecule has 0 radical (unpaired) electrons. The zero-order valence-electron chi connectivity index (χ0n) is 20.2. The molecule has 0 aliphatic rings. The molecular weight excluding hydrogens is 433 g/mol. The Morgan fingerprint density at radius 1 is 0.853 bits per heavy atom. The maximum absolute atomic E-state index is 13.1. The Kier molecular flexibility index (Phi) is 8.71. The van der Waals surface area contributed by atoms with Crippen molar-refractivity contribution in [1.29, 1.82) is 0 Å². The van der Waals surface area contributed by atoms with E-state index in [1.54, 1.807) is 0 Å². The van der Waals surface area contributed by atoms with Gasteiger partial charge in [-0.05, 0) is 77.1 Å². The van der Waals surface area contributed by atoms with Crippen LogP contribution < -0.4 is 0 Å². The largest absolute Gasteiger partial charge is 0.416 e. The number of hydrogen-bond acceptors (Lipinski definition) is 1. The van der Waals surface area contributed by atoms with Crippen LogP contribution in [-0.4, -0.2) is 5.78 Å². The van der Waals surface area contributed by atoms with Crippen molar-refractivity contribution in [3.8, 4) is 0 Å². The van der Waals surface area contributed by atoms with Crippen molar-refractivity contribution in [2.45, 2.75) is 71.4 Å². The Balaban J connectivity index is 1.58. The van der Waals surface area contributed by atoms with E-state index in [-0.39, 0.29) is 12.2 Å². The number of hydrogen-bond donors (Lipinski definition) is 0. The molecule has 0 aliphatic carbocycles. The molecule has 180 valence electrons. The van der Waals surface area contributed by atoms with Crippen molar-refractivity contribution < 1.29 is 18.0 Å². The van der Waals surface area contributed by atoms with E-state index in [0.717, 1.165) is 36.1 Å². The third-order valence-corrected chi connectivity index (χ3v) is 6.56. The lowest BCUT2D eigenvalue weighted by Gasteiger charge is -2.12. The highest BCUT2D eigenvalue weighted by Crippen LogP contribution is 2.31. The van der Waals surface area contributed by atoms with Crippen molar-refractivity contribution in [2.24, 2.45) is 0 Å². The van der Waals surface area contributed by atoms with Gasteiger partial charge >= 0.3 is 6.18 Å². The molecule has 4 heteroatoms. The topological polar surface area (TPSA) is 17.1 Å². The van der Waals surface area contributed by atoms with Gasteiger partial charge in [-0.15, -0.1) is 0 Å². The van der Waals surface area contributed by atoms with E-state index in [4.69, 9.17) is 0 Å². The summed E-state index contributed by atoms with van der Waals surface area (Å²) in [6.07, 6.45) is -0.885. The summed E-state index contributed by atoms with van der Waals surface area (Å²) in [6.45, 7) is 6.33. The van der Waals surface area contributed by atoms with Gasteiger partial charge in [0, 0.05) is 12.8 Å². The lowest BCUT2D eigenvalue weighted by molar-refractivity contribution is -0.137. The van der Waals surface area contributed by atoms with E-state index in [0.29, 0.717) is 30.7 Å². The minimum atomic E-state index is -4.40. The minimum Gasteiger partial charge on any atom is -0.299 e. The van der Waals surface area contributed by atoms with Crippen LogP contribution in [0.15, 0.2) is 66.7 Å². The van der Waals surface area contributed by atoms with Crippen molar-refractivity contribution in [2.75, 3.05) is 0 Å². The molecule has 0 aromatic heterocycles. The van der Waals surface area contributed by atoms with Crippen LogP contribution >= 0.6 is 0 Å². The summed E-state index contributed by atoms with van der Waals surface area (Å²) in [5, 5.41) is 0. The molecule has 3 aromatic carbocycles. The normalized spacial score (nSPS) is 12.5. The number of Topliss-reactive ketones (excluding diaryl/α,β-unsaturated/α-hetero) is 1. The summed E-state index contributed by atoms with van der Waals surface area (Å²) in [5.41, 5.74) is 5.51. The molecule has 0 saturated carbocycles. The summed E-state index contributed by atoms with van der Waals surface area (Å²) in [6, 6.07) is 20.7. The van der Waals surface area contributed by atoms with Gasteiger partial charge in [0.05, 0.1) is 5.56 Å². The van der Waals surface area contributed by atoms with Gasteiger partial charge in [0.1, 0.15) is 5.78 Å². The number of benzene rings is 3. The molecule has 0 amide bonds. The van der Waals surface area contributed by atoms with E-state index in [1.807, 2.05) is 19.1 Å². The van der Waals surface area contributed by atoms with Crippen LogP contribution in [0.2, 0.25) is 0 Å². The van der Waals surface area contributed by atoms with Gasteiger partial charge in [-0.3, -0.25) is 4.79 Å². The zero-order chi connectivity index (χ0) is 24.7. The van der Waals surface area contributed by atoms with Gasteiger partial charge in [-0.25, -0.2) is 0 Å². The van der Waals surface area contributed by atoms with Gasteiger partial charge in [-0.2, -0.15) is 13.2 Å². The lowest BCUT2D eigenvalue weighted by Crippen LogP contribution is -2.10. The first kappa shape index (κ1) is 25.7. The SMILES string of the molecule is CCc1ccc(C(F)(F)F)cc1CC(=O)CCc1ccc(Cc2cccc(C(C)CC)c2)cc1. The van der Waals surface area contributed by atoms with E-state index in [1.165, 1.54) is 22.8 Å². The standard InChI is InChI=1S/C30H33F3O/c1-4-21(3)26-8-6-7-24(18-26)17-23-11-9-22(10-12-23)13-16-29(34)20-27-19-28(30(31,32)33)15-14-25(27)5-2/h6-12,14-15,18-19,21H,4-5,13,16-17,20H2,1-3H3. The Morgan fingerprint density at radius 2 is 1.56 bits per heavy atom. The van der Waals surface area contributed by atoms with Crippen LogP contribution in [0.3, 0.4) is 0 Å². The number of rotatable bonds is 10. The van der Waals surface area contributed by atoms with Crippen LogP contribution in [0.1, 0.15) is 78.5 Å². The lowest BCUT2D eigenvalue weighted by atomic mass is 9.94. The van der Waals surface area contributed by atoms with Crippen LogP contribution in [0.4, 0.5) is 13.2 Å². The number of carbonyl (C=O) groups excluding carboxylic acids is 1. The second-order valence-corrected chi connectivity index (χ2v) is 9.10. The molecule has 0 N–H and O–H groups in total. The molecule has 0 fully saturated rings. The molecule has 0 aliphatic heterocycles. The first-order valence-electron chi connectivity index (χ1n) is 12.1. The predicted molar refractivity (Wildman–Crippen MR) is 132 cm³/mol. The summed E-state index contributed by atoms with van der Waals surface area (Å²) < 4.78 is 39.2. The van der Waals surface area contributed by atoms with Gasteiger partial charge < -0.3 is 0 Å².